The van der Waals surface area contributed by atoms with Gasteiger partial charge in [-0.25, -0.2) is 0 Å². The summed E-state index contributed by atoms with van der Waals surface area (Å²) in [6, 6.07) is 15.5. The molecule has 0 atom stereocenters. The van der Waals surface area contributed by atoms with Gasteiger partial charge in [0.05, 0.1) is 12.7 Å². The highest BCUT2D eigenvalue weighted by Crippen LogP contribution is 2.20. The van der Waals surface area contributed by atoms with E-state index in [-0.39, 0.29) is 5.91 Å². The van der Waals surface area contributed by atoms with Crippen molar-refractivity contribution in [3.63, 3.8) is 0 Å². The molecule has 2 aromatic rings. The highest BCUT2D eigenvalue weighted by atomic mass is 32.2. The first kappa shape index (κ1) is 15.4. The van der Waals surface area contributed by atoms with E-state index in [4.69, 9.17) is 4.74 Å². The molecule has 0 bridgehead atoms. The smallest absolute Gasteiger partial charge is 0.252 e. The predicted octanol–water partition coefficient (Wildman–Crippen LogP) is 3.39. The summed E-state index contributed by atoms with van der Waals surface area (Å²) in [4.78, 5) is 13.2. The topological polar surface area (TPSA) is 38.3 Å². The third-order valence-corrected chi connectivity index (χ3v) is 4.02. The third kappa shape index (κ3) is 4.02. The number of rotatable bonds is 6. The Morgan fingerprint density at radius 2 is 1.86 bits per heavy atom. The van der Waals surface area contributed by atoms with Gasteiger partial charge in [-0.05, 0) is 36.4 Å². The summed E-state index contributed by atoms with van der Waals surface area (Å²) in [5.74, 6) is 0.825. The van der Waals surface area contributed by atoms with Gasteiger partial charge in [0.15, 0.2) is 0 Å². The van der Waals surface area contributed by atoms with Crippen LogP contribution in [0.15, 0.2) is 53.4 Å². The van der Waals surface area contributed by atoms with Crippen molar-refractivity contribution in [3.8, 4) is 5.75 Å². The highest BCUT2D eigenvalue weighted by molar-refractivity contribution is 7.98. The Balaban J connectivity index is 1.95. The van der Waals surface area contributed by atoms with E-state index in [0.29, 0.717) is 6.54 Å². The fraction of sp³-hybridized carbons (Fsp3) is 0.235. The third-order valence-electron chi connectivity index (χ3n) is 3.22. The van der Waals surface area contributed by atoms with E-state index in [1.54, 1.807) is 18.9 Å². The molecule has 0 aliphatic heterocycles. The number of benzene rings is 2. The van der Waals surface area contributed by atoms with Crippen LogP contribution < -0.4 is 10.1 Å². The molecule has 0 aliphatic carbocycles. The fourth-order valence-corrected chi connectivity index (χ4v) is 2.74. The van der Waals surface area contributed by atoms with E-state index in [1.165, 1.54) is 0 Å². The van der Waals surface area contributed by atoms with Crippen LogP contribution in [-0.4, -0.2) is 25.8 Å². The Kier molecular flexibility index (Phi) is 5.69. The molecular formula is C17H19NO2S. The van der Waals surface area contributed by atoms with Crippen molar-refractivity contribution >= 4 is 17.7 Å². The number of hydrogen-bond donors (Lipinski definition) is 1. The SMILES string of the molecule is COc1ccccc1CCNC(=O)c1ccccc1SC. The summed E-state index contributed by atoms with van der Waals surface area (Å²) in [5.41, 5.74) is 1.82. The number of amides is 1. The minimum Gasteiger partial charge on any atom is -0.496 e. The summed E-state index contributed by atoms with van der Waals surface area (Å²) in [6.45, 7) is 0.585. The molecule has 4 heteroatoms. The number of thioether (sulfide) groups is 1. The van der Waals surface area contributed by atoms with Crippen LogP contribution in [0.5, 0.6) is 5.75 Å². The first-order valence-electron chi connectivity index (χ1n) is 6.79. The van der Waals surface area contributed by atoms with Gasteiger partial charge in [-0.3, -0.25) is 4.79 Å². The van der Waals surface area contributed by atoms with Gasteiger partial charge in [-0.1, -0.05) is 30.3 Å². The van der Waals surface area contributed by atoms with Gasteiger partial charge in [-0.2, -0.15) is 0 Å². The first-order chi connectivity index (χ1) is 10.3. The lowest BCUT2D eigenvalue weighted by atomic mass is 10.1. The van der Waals surface area contributed by atoms with Crippen LogP contribution in [0.25, 0.3) is 0 Å². The van der Waals surface area contributed by atoms with E-state index in [0.717, 1.165) is 28.2 Å². The second kappa shape index (κ2) is 7.74. The molecule has 0 radical (unpaired) electrons. The molecule has 0 heterocycles. The molecule has 0 aromatic heterocycles. The van der Waals surface area contributed by atoms with Crippen LogP contribution in [0.2, 0.25) is 0 Å². The molecule has 1 N–H and O–H groups in total. The second-order valence-electron chi connectivity index (χ2n) is 4.52. The number of nitrogens with one attached hydrogen (secondary N) is 1. The molecule has 0 fully saturated rings. The zero-order valence-electron chi connectivity index (χ0n) is 12.3. The number of carbonyl (C=O) groups excluding carboxylic acids is 1. The Bertz CT molecular complexity index is 613. The summed E-state index contributed by atoms with van der Waals surface area (Å²) in [6.07, 6.45) is 2.72. The largest absolute Gasteiger partial charge is 0.496 e. The van der Waals surface area contributed by atoms with E-state index >= 15 is 0 Å². The quantitative estimate of drug-likeness (QED) is 0.831. The Hall–Kier alpha value is -1.94. The van der Waals surface area contributed by atoms with Crippen molar-refractivity contribution in [2.75, 3.05) is 19.9 Å². The first-order valence-corrected chi connectivity index (χ1v) is 8.02. The van der Waals surface area contributed by atoms with E-state index in [9.17, 15) is 4.79 Å². The van der Waals surface area contributed by atoms with Crippen molar-refractivity contribution in [1.82, 2.24) is 5.32 Å². The Labute approximate surface area is 129 Å². The molecule has 0 saturated heterocycles. The van der Waals surface area contributed by atoms with Crippen LogP contribution in [0.3, 0.4) is 0 Å². The molecule has 21 heavy (non-hydrogen) atoms. The van der Waals surface area contributed by atoms with Crippen LogP contribution in [0.1, 0.15) is 15.9 Å². The lowest BCUT2D eigenvalue weighted by molar-refractivity contribution is 0.0951. The second-order valence-corrected chi connectivity index (χ2v) is 5.37. The Morgan fingerprint density at radius 3 is 2.62 bits per heavy atom. The molecule has 0 unspecified atom stereocenters. The number of hydrogen-bond acceptors (Lipinski definition) is 3. The standard InChI is InChI=1S/C17H19NO2S/c1-20-15-9-5-3-7-13(15)11-12-18-17(19)14-8-4-6-10-16(14)21-2/h3-10H,11-12H2,1-2H3,(H,18,19). The molecule has 2 rings (SSSR count). The lowest BCUT2D eigenvalue weighted by Crippen LogP contribution is -2.26. The molecule has 0 aliphatic rings. The number of para-hydroxylation sites is 1. The molecule has 3 nitrogen and oxygen atoms in total. The maximum absolute atomic E-state index is 12.2. The minimum atomic E-state index is -0.0325. The monoisotopic (exact) mass is 301 g/mol. The van der Waals surface area contributed by atoms with Crippen molar-refractivity contribution in [2.24, 2.45) is 0 Å². The van der Waals surface area contributed by atoms with Gasteiger partial charge in [-0.15, -0.1) is 11.8 Å². The lowest BCUT2D eigenvalue weighted by Gasteiger charge is -2.10. The molecule has 1 amide bonds. The maximum atomic E-state index is 12.2. The van der Waals surface area contributed by atoms with Gasteiger partial charge in [0.1, 0.15) is 5.75 Å². The van der Waals surface area contributed by atoms with Crippen LogP contribution in [0.4, 0.5) is 0 Å². The van der Waals surface area contributed by atoms with Crippen molar-refractivity contribution < 1.29 is 9.53 Å². The minimum absolute atomic E-state index is 0.0325. The summed E-state index contributed by atoms with van der Waals surface area (Å²) in [5, 5.41) is 2.97. The van der Waals surface area contributed by atoms with Gasteiger partial charge in [0.25, 0.3) is 5.91 Å². The average Bonchev–Trinajstić information content (AvgIpc) is 2.55. The van der Waals surface area contributed by atoms with Crippen LogP contribution >= 0.6 is 11.8 Å². The van der Waals surface area contributed by atoms with Gasteiger partial charge >= 0.3 is 0 Å². The Morgan fingerprint density at radius 1 is 1.14 bits per heavy atom. The maximum Gasteiger partial charge on any atom is 0.252 e. The van der Waals surface area contributed by atoms with E-state index in [2.05, 4.69) is 5.32 Å². The van der Waals surface area contributed by atoms with E-state index in [1.807, 2.05) is 54.8 Å². The zero-order chi connectivity index (χ0) is 15.1. The van der Waals surface area contributed by atoms with Gasteiger partial charge < -0.3 is 10.1 Å². The zero-order valence-corrected chi connectivity index (χ0v) is 13.1. The number of carbonyl (C=O) groups is 1. The van der Waals surface area contributed by atoms with Crippen molar-refractivity contribution in [1.29, 1.82) is 0 Å². The highest BCUT2D eigenvalue weighted by Gasteiger charge is 2.10. The molecule has 2 aromatic carbocycles. The molecular weight excluding hydrogens is 282 g/mol. The van der Waals surface area contributed by atoms with Crippen LogP contribution in [0, 0.1) is 0 Å². The molecule has 0 saturated carbocycles. The average molecular weight is 301 g/mol. The van der Waals surface area contributed by atoms with Gasteiger partial charge in [0, 0.05) is 11.4 Å². The molecule has 0 spiro atoms. The summed E-state index contributed by atoms with van der Waals surface area (Å²) in [7, 11) is 1.66. The van der Waals surface area contributed by atoms with Crippen LogP contribution in [-0.2, 0) is 6.42 Å². The summed E-state index contributed by atoms with van der Waals surface area (Å²) < 4.78 is 5.31. The van der Waals surface area contributed by atoms with Gasteiger partial charge in [0.2, 0.25) is 0 Å². The van der Waals surface area contributed by atoms with Crippen molar-refractivity contribution in [3.05, 3.63) is 59.7 Å². The normalized spacial score (nSPS) is 10.2. The predicted molar refractivity (Wildman–Crippen MR) is 87.3 cm³/mol. The summed E-state index contributed by atoms with van der Waals surface area (Å²) >= 11 is 1.58. The van der Waals surface area contributed by atoms with E-state index < -0.39 is 0 Å². The van der Waals surface area contributed by atoms with Crippen molar-refractivity contribution in [2.45, 2.75) is 11.3 Å². The fourth-order valence-electron chi connectivity index (χ4n) is 2.15. The molecule has 110 valence electrons. The number of ether oxygens (including phenoxy) is 1. The number of methoxy groups -OCH3 is 1.